The lowest BCUT2D eigenvalue weighted by Gasteiger charge is -2.35. The minimum Gasteiger partial charge on any atom is -0.466 e. The van der Waals surface area contributed by atoms with Gasteiger partial charge >= 0.3 is 5.97 Å². The number of halogens is 2. The Morgan fingerprint density at radius 3 is 2.28 bits per heavy atom. The third kappa shape index (κ3) is 5.26. The predicted molar refractivity (Wildman–Crippen MR) is 95.9 cm³/mol. The maximum Gasteiger partial charge on any atom is 0.315 e. The normalized spacial score (nSPS) is 18.1. The van der Waals surface area contributed by atoms with E-state index in [0.717, 1.165) is 50.5 Å². The Bertz CT molecular complexity index is 521. The molecular formula is C21H30F2O2. The van der Waals surface area contributed by atoms with Gasteiger partial charge in [-0.2, -0.15) is 0 Å². The maximum absolute atomic E-state index is 13.9. The average Bonchev–Trinajstić information content (AvgIpc) is 2.61. The van der Waals surface area contributed by atoms with E-state index in [2.05, 4.69) is 6.92 Å². The molecule has 0 amide bonds. The van der Waals surface area contributed by atoms with Crippen LogP contribution >= 0.6 is 0 Å². The fourth-order valence-electron chi connectivity index (χ4n) is 4.11. The molecule has 0 aliphatic heterocycles. The number of aryl methyl sites for hydroxylation is 1. The van der Waals surface area contributed by atoms with Crippen molar-refractivity contribution in [1.29, 1.82) is 0 Å². The molecule has 140 valence electrons. The number of hydrogen-bond acceptors (Lipinski definition) is 2. The Morgan fingerprint density at radius 1 is 1.12 bits per heavy atom. The van der Waals surface area contributed by atoms with Crippen LogP contribution in [-0.4, -0.2) is 19.0 Å². The molecule has 1 fully saturated rings. The van der Waals surface area contributed by atoms with Crippen LogP contribution in [0.25, 0.3) is 0 Å². The number of rotatable bonds is 8. The fraction of sp³-hybridized carbons (Fsp3) is 0.667. The van der Waals surface area contributed by atoms with Crippen molar-refractivity contribution < 1.29 is 18.3 Å². The molecule has 2 unspecified atom stereocenters. The zero-order valence-electron chi connectivity index (χ0n) is 15.3. The van der Waals surface area contributed by atoms with Gasteiger partial charge in [-0.15, -0.1) is 0 Å². The van der Waals surface area contributed by atoms with Crippen molar-refractivity contribution in [3.63, 3.8) is 0 Å². The Balaban J connectivity index is 2.34. The molecule has 0 heterocycles. The van der Waals surface area contributed by atoms with Gasteiger partial charge in [0.2, 0.25) is 0 Å². The van der Waals surface area contributed by atoms with Gasteiger partial charge in [0.1, 0.15) is 5.92 Å². The number of carbonyl (C=O) groups excluding carboxylic acids is 1. The number of hydrogen-bond donors (Lipinski definition) is 0. The minimum absolute atomic E-state index is 0.120. The molecule has 2 atom stereocenters. The molecule has 0 aromatic heterocycles. The first-order chi connectivity index (χ1) is 12.1. The molecule has 1 aromatic carbocycles. The summed E-state index contributed by atoms with van der Waals surface area (Å²) in [5, 5.41) is 0. The highest BCUT2D eigenvalue weighted by atomic mass is 19.3. The van der Waals surface area contributed by atoms with E-state index in [1.54, 1.807) is 6.92 Å². The molecule has 0 radical (unpaired) electrons. The summed E-state index contributed by atoms with van der Waals surface area (Å²) in [4.78, 5) is 12.3. The van der Waals surface area contributed by atoms with E-state index < -0.39 is 24.2 Å². The lowest BCUT2D eigenvalue weighted by atomic mass is 9.70. The van der Waals surface area contributed by atoms with Crippen LogP contribution in [0.3, 0.4) is 0 Å². The first-order valence-electron chi connectivity index (χ1n) is 9.62. The first-order valence-corrected chi connectivity index (χ1v) is 9.62. The SMILES string of the molecule is CCCc1ccc(C(C2CCCCC2)C(C(=O)OCC)C(F)F)cc1. The second kappa shape index (κ2) is 9.88. The fourth-order valence-corrected chi connectivity index (χ4v) is 4.11. The number of esters is 1. The highest BCUT2D eigenvalue weighted by Crippen LogP contribution is 2.43. The van der Waals surface area contributed by atoms with Crippen LogP contribution in [0.1, 0.15) is 69.4 Å². The quantitative estimate of drug-likeness (QED) is 0.557. The van der Waals surface area contributed by atoms with Crippen LogP contribution in [-0.2, 0) is 16.0 Å². The van der Waals surface area contributed by atoms with Gasteiger partial charge < -0.3 is 4.74 Å². The standard InChI is InChI=1S/C21H30F2O2/c1-3-8-15-11-13-17(14-12-15)18(16-9-6-5-7-10-16)19(20(22)23)21(24)25-4-2/h11-14,16,18-20H,3-10H2,1-2H3. The summed E-state index contributed by atoms with van der Waals surface area (Å²) in [5.74, 6) is -2.48. The van der Waals surface area contributed by atoms with Crippen LogP contribution in [0.5, 0.6) is 0 Å². The zero-order valence-corrected chi connectivity index (χ0v) is 15.3. The van der Waals surface area contributed by atoms with E-state index in [-0.39, 0.29) is 12.5 Å². The topological polar surface area (TPSA) is 26.3 Å². The average molecular weight is 352 g/mol. The summed E-state index contributed by atoms with van der Waals surface area (Å²) < 4.78 is 32.7. The van der Waals surface area contributed by atoms with Gasteiger partial charge in [0.05, 0.1) is 6.61 Å². The van der Waals surface area contributed by atoms with Crippen LogP contribution in [0.2, 0.25) is 0 Å². The van der Waals surface area contributed by atoms with Crippen molar-refractivity contribution in [3.05, 3.63) is 35.4 Å². The van der Waals surface area contributed by atoms with Gasteiger partial charge in [-0.05, 0) is 43.2 Å². The Labute approximate surface area is 150 Å². The first kappa shape index (κ1) is 19.9. The van der Waals surface area contributed by atoms with Crippen molar-refractivity contribution in [3.8, 4) is 0 Å². The third-order valence-corrected chi connectivity index (χ3v) is 5.28. The molecule has 0 bridgehead atoms. The molecule has 2 nitrogen and oxygen atoms in total. The Hall–Kier alpha value is -1.45. The van der Waals surface area contributed by atoms with Crippen molar-refractivity contribution in [1.82, 2.24) is 0 Å². The highest BCUT2D eigenvalue weighted by Gasteiger charge is 2.42. The van der Waals surface area contributed by atoms with Gasteiger partial charge in [0.25, 0.3) is 6.43 Å². The summed E-state index contributed by atoms with van der Waals surface area (Å²) >= 11 is 0. The lowest BCUT2D eigenvalue weighted by molar-refractivity contribution is -0.156. The van der Waals surface area contributed by atoms with Crippen molar-refractivity contribution in [2.75, 3.05) is 6.61 Å². The van der Waals surface area contributed by atoms with E-state index >= 15 is 0 Å². The summed E-state index contributed by atoms with van der Waals surface area (Å²) in [6.07, 6.45) is 4.38. The van der Waals surface area contributed by atoms with Crippen molar-refractivity contribution in [2.24, 2.45) is 11.8 Å². The van der Waals surface area contributed by atoms with E-state index in [0.29, 0.717) is 0 Å². The van der Waals surface area contributed by atoms with Gasteiger partial charge in [0, 0.05) is 5.92 Å². The Kier molecular flexibility index (Phi) is 7.86. The van der Waals surface area contributed by atoms with Gasteiger partial charge in [-0.1, -0.05) is 56.9 Å². The monoisotopic (exact) mass is 352 g/mol. The summed E-state index contributed by atoms with van der Waals surface area (Å²) in [6.45, 7) is 3.91. The summed E-state index contributed by atoms with van der Waals surface area (Å²) in [5.41, 5.74) is 2.06. The molecule has 2 rings (SSSR count). The van der Waals surface area contributed by atoms with Crippen LogP contribution < -0.4 is 0 Å². The minimum atomic E-state index is -2.71. The van der Waals surface area contributed by atoms with Gasteiger partial charge in [-0.3, -0.25) is 4.79 Å². The molecule has 0 spiro atoms. The second-order valence-corrected chi connectivity index (χ2v) is 7.03. The Morgan fingerprint density at radius 2 is 1.76 bits per heavy atom. The second-order valence-electron chi connectivity index (χ2n) is 7.03. The van der Waals surface area contributed by atoms with Crippen LogP contribution in [0, 0.1) is 11.8 Å². The third-order valence-electron chi connectivity index (χ3n) is 5.28. The van der Waals surface area contributed by atoms with Crippen molar-refractivity contribution >= 4 is 5.97 Å². The summed E-state index contributed by atoms with van der Waals surface area (Å²) in [7, 11) is 0. The molecule has 1 aliphatic carbocycles. The van der Waals surface area contributed by atoms with Crippen molar-refractivity contribution in [2.45, 2.75) is 71.1 Å². The molecule has 1 aromatic rings. The zero-order chi connectivity index (χ0) is 18.2. The number of ether oxygens (including phenoxy) is 1. The number of alkyl halides is 2. The van der Waals surface area contributed by atoms with Gasteiger partial charge in [0.15, 0.2) is 0 Å². The molecular weight excluding hydrogens is 322 g/mol. The maximum atomic E-state index is 13.9. The van der Waals surface area contributed by atoms with Crippen LogP contribution in [0.4, 0.5) is 8.78 Å². The van der Waals surface area contributed by atoms with Crippen LogP contribution in [0.15, 0.2) is 24.3 Å². The van der Waals surface area contributed by atoms with E-state index in [9.17, 15) is 13.6 Å². The molecule has 4 heteroatoms. The van der Waals surface area contributed by atoms with E-state index in [1.807, 2.05) is 24.3 Å². The predicted octanol–water partition coefficient (Wildman–Crippen LogP) is 5.75. The van der Waals surface area contributed by atoms with Gasteiger partial charge in [-0.25, -0.2) is 8.78 Å². The largest absolute Gasteiger partial charge is 0.466 e. The van der Waals surface area contributed by atoms with E-state index in [1.165, 1.54) is 5.56 Å². The molecule has 25 heavy (non-hydrogen) atoms. The smallest absolute Gasteiger partial charge is 0.315 e. The lowest BCUT2D eigenvalue weighted by Crippen LogP contribution is -2.35. The molecule has 0 saturated heterocycles. The molecule has 0 N–H and O–H groups in total. The molecule has 1 aliphatic rings. The number of carbonyl (C=O) groups is 1. The molecule has 1 saturated carbocycles. The summed E-state index contributed by atoms with van der Waals surface area (Å²) in [6, 6.07) is 7.92. The highest BCUT2D eigenvalue weighted by molar-refractivity contribution is 5.74. The van der Waals surface area contributed by atoms with E-state index in [4.69, 9.17) is 4.74 Å². The number of benzene rings is 1.